The van der Waals surface area contributed by atoms with Crippen molar-refractivity contribution in [1.29, 1.82) is 0 Å². The number of non-ortho nitro benzene ring substituents is 1. The molecule has 2 saturated heterocycles. The van der Waals surface area contributed by atoms with Crippen molar-refractivity contribution in [1.82, 2.24) is 4.90 Å². The molecule has 0 aliphatic carbocycles. The van der Waals surface area contributed by atoms with Gasteiger partial charge in [-0.2, -0.15) is 0 Å². The highest BCUT2D eigenvalue weighted by atomic mass is 16.6. The lowest BCUT2D eigenvalue weighted by atomic mass is 9.86. The van der Waals surface area contributed by atoms with Crippen LogP contribution in [0.15, 0.2) is 24.3 Å². The maximum absolute atomic E-state index is 12.2. The topological polar surface area (TPSA) is 89.8 Å². The summed E-state index contributed by atoms with van der Waals surface area (Å²) in [6.07, 6.45) is 2.30. The van der Waals surface area contributed by atoms with Crippen LogP contribution in [0.2, 0.25) is 0 Å². The van der Waals surface area contributed by atoms with E-state index in [-0.39, 0.29) is 30.2 Å². The molecule has 2 aliphatic heterocycles. The first-order valence-corrected chi connectivity index (χ1v) is 7.75. The van der Waals surface area contributed by atoms with Gasteiger partial charge in [0.2, 0.25) is 5.91 Å². The molecule has 3 atom stereocenters. The van der Waals surface area contributed by atoms with Gasteiger partial charge in [0, 0.05) is 18.2 Å². The lowest BCUT2D eigenvalue weighted by Gasteiger charge is -2.44. The Morgan fingerprint density at radius 2 is 2.04 bits per heavy atom. The number of carbonyl (C=O) groups excluding carboxylic acids is 2. The van der Waals surface area contributed by atoms with Crippen LogP contribution in [0.5, 0.6) is 0 Å². The summed E-state index contributed by atoms with van der Waals surface area (Å²) in [6, 6.07) is 5.58. The highest BCUT2D eigenvalue weighted by Crippen LogP contribution is 2.41. The maximum atomic E-state index is 12.2. The second-order valence-electron chi connectivity index (χ2n) is 5.95. The molecule has 0 spiro atoms. The van der Waals surface area contributed by atoms with Crippen LogP contribution in [0.3, 0.4) is 0 Å². The maximum Gasteiger partial charge on any atom is 0.329 e. The Morgan fingerprint density at radius 1 is 1.35 bits per heavy atom. The van der Waals surface area contributed by atoms with Crippen LogP contribution in [-0.2, 0) is 20.9 Å². The molecule has 2 aliphatic rings. The number of nitrogens with zero attached hydrogens (tertiary/aromatic N) is 2. The fourth-order valence-corrected chi connectivity index (χ4v) is 3.47. The SMILES string of the molecule is CC[C@H]1C(=O)N2[C@@H]1CC[C@H]2C(=O)OCc1ccc([N+](=O)[O-])cc1. The van der Waals surface area contributed by atoms with E-state index in [0.717, 1.165) is 12.8 Å². The average Bonchev–Trinajstić information content (AvgIpc) is 2.93. The lowest BCUT2D eigenvalue weighted by Crippen LogP contribution is -2.61. The largest absolute Gasteiger partial charge is 0.459 e. The molecule has 0 saturated carbocycles. The molecule has 0 unspecified atom stereocenters. The number of hydrogen-bond acceptors (Lipinski definition) is 5. The van der Waals surface area contributed by atoms with E-state index in [9.17, 15) is 19.7 Å². The van der Waals surface area contributed by atoms with Crippen molar-refractivity contribution in [3.05, 3.63) is 39.9 Å². The van der Waals surface area contributed by atoms with Crippen LogP contribution >= 0.6 is 0 Å². The van der Waals surface area contributed by atoms with Gasteiger partial charge in [0.05, 0.1) is 10.8 Å². The Hall–Kier alpha value is -2.44. The minimum Gasteiger partial charge on any atom is -0.459 e. The summed E-state index contributed by atoms with van der Waals surface area (Å²) in [4.78, 5) is 36.0. The highest BCUT2D eigenvalue weighted by molar-refractivity contribution is 5.92. The van der Waals surface area contributed by atoms with Crippen LogP contribution in [0.25, 0.3) is 0 Å². The zero-order valence-corrected chi connectivity index (χ0v) is 12.8. The Balaban J connectivity index is 1.56. The summed E-state index contributed by atoms with van der Waals surface area (Å²) in [7, 11) is 0. The highest BCUT2D eigenvalue weighted by Gasteiger charge is 2.55. The Morgan fingerprint density at radius 3 is 2.65 bits per heavy atom. The Labute approximate surface area is 133 Å². The summed E-state index contributed by atoms with van der Waals surface area (Å²) >= 11 is 0. The lowest BCUT2D eigenvalue weighted by molar-refractivity contribution is -0.384. The van der Waals surface area contributed by atoms with Gasteiger partial charge in [0.15, 0.2) is 0 Å². The van der Waals surface area contributed by atoms with Gasteiger partial charge in [0.1, 0.15) is 12.6 Å². The van der Waals surface area contributed by atoms with E-state index < -0.39 is 16.9 Å². The molecule has 1 aromatic carbocycles. The smallest absolute Gasteiger partial charge is 0.329 e. The fraction of sp³-hybridized carbons (Fsp3) is 0.500. The van der Waals surface area contributed by atoms with Gasteiger partial charge in [-0.05, 0) is 37.0 Å². The van der Waals surface area contributed by atoms with E-state index in [4.69, 9.17) is 4.74 Å². The van der Waals surface area contributed by atoms with Crippen molar-refractivity contribution in [3.8, 4) is 0 Å². The van der Waals surface area contributed by atoms with Crippen molar-refractivity contribution >= 4 is 17.6 Å². The molecule has 0 N–H and O–H groups in total. The van der Waals surface area contributed by atoms with Gasteiger partial charge < -0.3 is 9.64 Å². The first-order chi connectivity index (χ1) is 11.0. The monoisotopic (exact) mass is 318 g/mol. The molecule has 0 radical (unpaired) electrons. The van der Waals surface area contributed by atoms with E-state index in [0.29, 0.717) is 12.0 Å². The van der Waals surface area contributed by atoms with Crippen LogP contribution in [0.1, 0.15) is 31.7 Å². The number of nitro benzene ring substituents is 1. The van der Waals surface area contributed by atoms with Crippen LogP contribution < -0.4 is 0 Å². The van der Waals surface area contributed by atoms with E-state index in [1.54, 1.807) is 17.0 Å². The average molecular weight is 318 g/mol. The number of amides is 1. The van der Waals surface area contributed by atoms with Gasteiger partial charge in [0.25, 0.3) is 5.69 Å². The van der Waals surface area contributed by atoms with E-state index in [1.807, 2.05) is 6.92 Å². The summed E-state index contributed by atoms with van der Waals surface area (Å²) in [5.74, 6) is -0.288. The normalized spacial score (nSPS) is 25.7. The predicted octanol–water partition coefficient (Wildman–Crippen LogP) is 2.04. The van der Waals surface area contributed by atoms with Gasteiger partial charge >= 0.3 is 5.97 Å². The van der Waals surface area contributed by atoms with Gasteiger partial charge in [-0.1, -0.05) is 6.92 Å². The summed E-state index contributed by atoms with van der Waals surface area (Å²) in [6.45, 7) is 2.04. The van der Waals surface area contributed by atoms with Crippen molar-refractivity contribution in [2.45, 2.75) is 44.9 Å². The van der Waals surface area contributed by atoms with Crippen molar-refractivity contribution < 1.29 is 19.2 Å². The van der Waals surface area contributed by atoms with E-state index in [2.05, 4.69) is 0 Å². The van der Waals surface area contributed by atoms with Crippen molar-refractivity contribution in [2.24, 2.45) is 5.92 Å². The van der Waals surface area contributed by atoms with E-state index >= 15 is 0 Å². The zero-order chi connectivity index (χ0) is 16.6. The molecule has 7 nitrogen and oxygen atoms in total. The van der Waals surface area contributed by atoms with Crippen LogP contribution in [0.4, 0.5) is 5.69 Å². The molecule has 3 rings (SSSR count). The number of fused-ring (bicyclic) bond motifs is 1. The minimum absolute atomic E-state index is 0.00417. The molecular weight excluding hydrogens is 300 g/mol. The molecule has 23 heavy (non-hydrogen) atoms. The quantitative estimate of drug-likeness (QED) is 0.359. The van der Waals surface area contributed by atoms with Crippen LogP contribution in [-0.4, -0.2) is 33.8 Å². The van der Waals surface area contributed by atoms with Crippen LogP contribution in [0, 0.1) is 16.0 Å². The second kappa shape index (κ2) is 5.98. The third-order valence-corrected chi connectivity index (χ3v) is 4.71. The molecule has 0 bridgehead atoms. The Kier molecular flexibility index (Phi) is 4.02. The fourth-order valence-electron chi connectivity index (χ4n) is 3.47. The van der Waals surface area contributed by atoms with Crippen molar-refractivity contribution in [3.63, 3.8) is 0 Å². The number of benzene rings is 1. The first kappa shape index (κ1) is 15.5. The second-order valence-corrected chi connectivity index (χ2v) is 5.95. The van der Waals surface area contributed by atoms with Gasteiger partial charge in [-0.3, -0.25) is 14.9 Å². The zero-order valence-electron chi connectivity index (χ0n) is 12.8. The number of hydrogen-bond donors (Lipinski definition) is 0. The predicted molar refractivity (Wildman–Crippen MR) is 80.3 cm³/mol. The molecular formula is C16H18N2O5. The minimum atomic E-state index is -0.478. The number of ether oxygens (including phenoxy) is 1. The number of rotatable bonds is 5. The first-order valence-electron chi connectivity index (χ1n) is 7.75. The summed E-state index contributed by atoms with van der Waals surface area (Å²) in [5.41, 5.74) is 0.676. The van der Waals surface area contributed by atoms with Crippen molar-refractivity contribution in [2.75, 3.05) is 0 Å². The molecule has 2 fully saturated rings. The number of nitro groups is 1. The van der Waals surface area contributed by atoms with Gasteiger partial charge in [-0.25, -0.2) is 4.79 Å². The third kappa shape index (κ3) is 2.67. The Bertz CT molecular complexity index is 642. The molecule has 1 aromatic rings. The third-order valence-electron chi connectivity index (χ3n) is 4.71. The molecule has 0 aromatic heterocycles. The molecule has 7 heteroatoms. The molecule has 2 heterocycles. The summed E-state index contributed by atoms with van der Waals surface area (Å²) < 4.78 is 5.28. The number of carbonyl (C=O) groups is 2. The molecule has 1 amide bonds. The number of esters is 1. The van der Waals surface area contributed by atoms with Gasteiger partial charge in [-0.15, -0.1) is 0 Å². The molecule has 122 valence electrons. The summed E-state index contributed by atoms with van der Waals surface area (Å²) in [5, 5.41) is 10.6. The number of β-lactam (4-membered cyclic amide) rings is 1. The van der Waals surface area contributed by atoms with E-state index in [1.165, 1.54) is 12.1 Å². The standard InChI is InChI=1S/C16H18N2O5/c1-2-12-13-7-8-14(17(13)15(12)19)16(20)23-9-10-3-5-11(6-4-10)18(21)22/h3-6,12-14H,2,7-9H2,1H3/t12-,13-,14+/m1/s1.